The van der Waals surface area contributed by atoms with Gasteiger partial charge >= 0.3 is 0 Å². The summed E-state index contributed by atoms with van der Waals surface area (Å²) < 4.78 is 1.81. The lowest BCUT2D eigenvalue weighted by Gasteiger charge is -2.16. The van der Waals surface area contributed by atoms with Crippen LogP contribution in [0.1, 0.15) is 18.4 Å². The van der Waals surface area contributed by atoms with Crippen LogP contribution in [0.3, 0.4) is 0 Å². The molecule has 3 heterocycles. The van der Waals surface area contributed by atoms with Gasteiger partial charge in [0.2, 0.25) is 0 Å². The molecule has 0 amide bonds. The van der Waals surface area contributed by atoms with E-state index >= 15 is 0 Å². The van der Waals surface area contributed by atoms with Crippen molar-refractivity contribution in [3.05, 3.63) is 36.3 Å². The Hall–Kier alpha value is -2.04. The van der Waals surface area contributed by atoms with Crippen molar-refractivity contribution in [2.45, 2.75) is 19.4 Å². The van der Waals surface area contributed by atoms with Gasteiger partial charge in [-0.2, -0.15) is 5.10 Å². The number of hydrogen-bond donors (Lipinski definition) is 1. The molecule has 0 radical (unpaired) electrons. The average molecular weight is 257 g/mol. The van der Waals surface area contributed by atoms with Crippen molar-refractivity contribution in [3.63, 3.8) is 0 Å². The number of nitrogens with one attached hydrogen (secondary N) is 1. The first-order valence-electron chi connectivity index (χ1n) is 6.74. The number of pyridine rings is 1. The molecule has 5 heteroatoms. The van der Waals surface area contributed by atoms with Gasteiger partial charge in [0.1, 0.15) is 5.82 Å². The largest absolute Gasteiger partial charge is 0.380 e. The van der Waals surface area contributed by atoms with Gasteiger partial charge in [0.15, 0.2) is 0 Å². The first-order valence-corrected chi connectivity index (χ1v) is 6.74. The maximum absolute atomic E-state index is 4.52. The Labute approximate surface area is 113 Å². The van der Waals surface area contributed by atoms with Crippen LogP contribution in [0.4, 0.5) is 11.5 Å². The van der Waals surface area contributed by atoms with Crippen LogP contribution in [0, 0.1) is 0 Å². The third-order valence-corrected chi connectivity index (χ3v) is 3.43. The third-order valence-electron chi connectivity index (χ3n) is 3.43. The second kappa shape index (κ2) is 5.30. The van der Waals surface area contributed by atoms with Crippen molar-refractivity contribution >= 4 is 11.5 Å². The van der Waals surface area contributed by atoms with Gasteiger partial charge < -0.3 is 10.2 Å². The molecule has 19 heavy (non-hydrogen) atoms. The number of aromatic nitrogens is 3. The molecule has 2 aromatic rings. The molecule has 0 unspecified atom stereocenters. The minimum absolute atomic E-state index is 0.776. The summed E-state index contributed by atoms with van der Waals surface area (Å²) in [5.74, 6) is 1.09. The van der Waals surface area contributed by atoms with Crippen molar-refractivity contribution in [1.82, 2.24) is 14.8 Å². The maximum atomic E-state index is 4.52. The molecule has 5 nitrogen and oxygen atoms in total. The van der Waals surface area contributed by atoms with E-state index in [0.29, 0.717) is 0 Å². The summed E-state index contributed by atoms with van der Waals surface area (Å²) in [4.78, 5) is 6.86. The predicted octanol–water partition coefficient (Wildman–Crippen LogP) is 2.03. The first kappa shape index (κ1) is 12.0. The second-order valence-corrected chi connectivity index (χ2v) is 4.98. The van der Waals surface area contributed by atoms with Crippen molar-refractivity contribution in [3.8, 4) is 0 Å². The monoisotopic (exact) mass is 257 g/mol. The van der Waals surface area contributed by atoms with Crippen LogP contribution >= 0.6 is 0 Å². The van der Waals surface area contributed by atoms with E-state index in [2.05, 4.69) is 32.4 Å². The van der Waals surface area contributed by atoms with Gasteiger partial charge in [-0.15, -0.1) is 0 Å². The van der Waals surface area contributed by atoms with Crippen LogP contribution in [0.15, 0.2) is 30.7 Å². The lowest BCUT2D eigenvalue weighted by Crippen LogP contribution is -2.18. The lowest BCUT2D eigenvalue weighted by molar-refractivity contribution is 0.767. The standard InChI is InChI=1S/C14H19N5/c1-18-11-12(9-17-18)8-15-13-4-5-14(16-10-13)19-6-2-3-7-19/h4-5,9-11,15H,2-3,6-8H2,1H3. The molecule has 2 aromatic heterocycles. The topological polar surface area (TPSA) is 46.0 Å². The molecule has 1 N–H and O–H groups in total. The number of hydrogen-bond acceptors (Lipinski definition) is 4. The minimum atomic E-state index is 0.776. The van der Waals surface area contributed by atoms with Crippen LogP contribution < -0.4 is 10.2 Å². The van der Waals surface area contributed by atoms with Gasteiger partial charge in [-0.25, -0.2) is 4.98 Å². The molecule has 1 aliphatic rings. The summed E-state index contributed by atoms with van der Waals surface area (Å²) >= 11 is 0. The van der Waals surface area contributed by atoms with Gasteiger partial charge in [-0.05, 0) is 25.0 Å². The fraction of sp³-hybridized carbons (Fsp3) is 0.429. The Morgan fingerprint density at radius 2 is 2.05 bits per heavy atom. The molecule has 0 atom stereocenters. The average Bonchev–Trinajstić information content (AvgIpc) is 3.08. The lowest BCUT2D eigenvalue weighted by atomic mass is 10.3. The van der Waals surface area contributed by atoms with Crippen LogP contribution in [-0.4, -0.2) is 27.9 Å². The summed E-state index contributed by atoms with van der Waals surface area (Å²) in [6.07, 6.45) is 8.35. The smallest absolute Gasteiger partial charge is 0.128 e. The van der Waals surface area contributed by atoms with Gasteiger partial charge in [-0.1, -0.05) is 0 Å². The summed E-state index contributed by atoms with van der Waals surface area (Å²) in [7, 11) is 1.93. The number of nitrogens with zero attached hydrogens (tertiary/aromatic N) is 4. The zero-order chi connectivity index (χ0) is 13.1. The van der Waals surface area contributed by atoms with E-state index in [1.165, 1.54) is 18.4 Å². The van der Waals surface area contributed by atoms with E-state index in [0.717, 1.165) is 31.1 Å². The molecule has 100 valence electrons. The Kier molecular flexibility index (Phi) is 3.35. The Morgan fingerprint density at radius 1 is 1.21 bits per heavy atom. The van der Waals surface area contributed by atoms with Crippen LogP contribution in [0.5, 0.6) is 0 Å². The van der Waals surface area contributed by atoms with E-state index in [-0.39, 0.29) is 0 Å². The van der Waals surface area contributed by atoms with E-state index in [9.17, 15) is 0 Å². The molecule has 1 saturated heterocycles. The van der Waals surface area contributed by atoms with E-state index in [1.807, 2.05) is 30.3 Å². The third kappa shape index (κ3) is 2.86. The highest BCUT2D eigenvalue weighted by Gasteiger charge is 2.12. The van der Waals surface area contributed by atoms with Gasteiger partial charge in [0, 0.05) is 38.4 Å². The predicted molar refractivity (Wildman–Crippen MR) is 76.2 cm³/mol. The highest BCUT2D eigenvalue weighted by Crippen LogP contribution is 2.19. The number of aryl methyl sites for hydroxylation is 1. The Balaban J connectivity index is 1.59. The molecule has 0 aliphatic carbocycles. The number of rotatable bonds is 4. The maximum Gasteiger partial charge on any atom is 0.128 e. The van der Waals surface area contributed by atoms with E-state index < -0.39 is 0 Å². The van der Waals surface area contributed by atoms with E-state index in [4.69, 9.17) is 0 Å². The van der Waals surface area contributed by atoms with Crippen LogP contribution in [0.2, 0.25) is 0 Å². The van der Waals surface area contributed by atoms with Gasteiger partial charge in [0.25, 0.3) is 0 Å². The highest BCUT2D eigenvalue weighted by molar-refractivity contribution is 5.49. The zero-order valence-electron chi connectivity index (χ0n) is 11.2. The first-order chi connectivity index (χ1) is 9.31. The molecule has 0 aromatic carbocycles. The molecule has 1 aliphatic heterocycles. The summed E-state index contributed by atoms with van der Waals surface area (Å²) in [5.41, 5.74) is 2.22. The molecule has 0 bridgehead atoms. The van der Waals surface area contributed by atoms with Gasteiger partial charge in [-0.3, -0.25) is 4.68 Å². The molecular formula is C14H19N5. The fourth-order valence-corrected chi connectivity index (χ4v) is 2.39. The van der Waals surface area contributed by atoms with Crippen molar-refractivity contribution < 1.29 is 0 Å². The SMILES string of the molecule is Cn1cc(CNc2ccc(N3CCCC3)nc2)cn1. The summed E-state index contributed by atoms with van der Waals surface area (Å²) in [5, 5.41) is 7.51. The van der Waals surface area contributed by atoms with E-state index in [1.54, 1.807) is 0 Å². The van der Waals surface area contributed by atoms with Gasteiger partial charge in [0.05, 0.1) is 18.1 Å². The molecule has 0 spiro atoms. The normalized spacial score (nSPS) is 14.9. The second-order valence-electron chi connectivity index (χ2n) is 4.98. The Bertz CT molecular complexity index is 525. The molecule has 3 rings (SSSR count). The summed E-state index contributed by atoms with van der Waals surface area (Å²) in [6, 6.07) is 4.19. The highest BCUT2D eigenvalue weighted by atomic mass is 15.2. The van der Waals surface area contributed by atoms with Crippen molar-refractivity contribution in [1.29, 1.82) is 0 Å². The molecule has 1 fully saturated rings. The quantitative estimate of drug-likeness (QED) is 0.910. The van der Waals surface area contributed by atoms with Crippen LogP contribution in [0.25, 0.3) is 0 Å². The molecular weight excluding hydrogens is 238 g/mol. The minimum Gasteiger partial charge on any atom is -0.380 e. The number of anilines is 2. The van der Waals surface area contributed by atoms with Crippen LogP contribution in [-0.2, 0) is 13.6 Å². The van der Waals surface area contributed by atoms with Crippen molar-refractivity contribution in [2.24, 2.45) is 7.05 Å². The Morgan fingerprint density at radius 3 is 2.68 bits per heavy atom. The van der Waals surface area contributed by atoms with Crippen molar-refractivity contribution in [2.75, 3.05) is 23.3 Å². The zero-order valence-corrected chi connectivity index (χ0v) is 11.2. The molecule has 0 saturated carbocycles. The fourth-order valence-electron chi connectivity index (χ4n) is 2.39. The summed E-state index contributed by atoms with van der Waals surface area (Å²) in [6.45, 7) is 3.05.